The minimum atomic E-state index is 0.275. The Bertz CT molecular complexity index is 520. The Labute approximate surface area is 126 Å². The maximum Gasteiger partial charge on any atom is 0.0422 e. The van der Waals surface area contributed by atoms with Gasteiger partial charge in [0.15, 0.2) is 0 Å². The molecule has 1 heterocycles. The second kappa shape index (κ2) is 7.41. The first-order valence-corrected chi connectivity index (χ1v) is 7.53. The Balaban J connectivity index is 2.13. The number of pyridine rings is 1. The Kier molecular flexibility index (Phi) is 5.57. The SMILES string of the molecule is CCNC(Cc1ccc(CC)cn1)c1ccc(Cl)cc1. The predicted octanol–water partition coefficient (Wildman–Crippen LogP) is 4.19. The molecule has 1 aromatic carbocycles. The molecule has 0 bridgehead atoms. The van der Waals surface area contributed by atoms with Crippen LogP contribution in [0, 0.1) is 0 Å². The summed E-state index contributed by atoms with van der Waals surface area (Å²) >= 11 is 5.95. The number of aromatic nitrogens is 1. The third-order valence-electron chi connectivity index (χ3n) is 3.43. The molecule has 0 saturated carbocycles. The first-order valence-electron chi connectivity index (χ1n) is 7.15. The Morgan fingerprint density at radius 2 is 1.85 bits per heavy atom. The number of nitrogens with one attached hydrogen (secondary N) is 1. The van der Waals surface area contributed by atoms with Gasteiger partial charge >= 0.3 is 0 Å². The summed E-state index contributed by atoms with van der Waals surface area (Å²) in [6.07, 6.45) is 3.89. The molecule has 0 radical (unpaired) electrons. The van der Waals surface area contributed by atoms with Crippen LogP contribution in [-0.2, 0) is 12.8 Å². The van der Waals surface area contributed by atoms with Crippen molar-refractivity contribution < 1.29 is 0 Å². The average Bonchev–Trinajstić information content (AvgIpc) is 2.48. The minimum absolute atomic E-state index is 0.275. The summed E-state index contributed by atoms with van der Waals surface area (Å²) in [6, 6.07) is 12.6. The van der Waals surface area contributed by atoms with E-state index in [1.165, 1.54) is 11.1 Å². The number of nitrogens with zero attached hydrogens (tertiary/aromatic N) is 1. The highest BCUT2D eigenvalue weighted by Crippen LogP contribution is 2.20. The molecule has 2 nitrogen and oxygen atoms in total. The average molecular weight is 289 g/mol. The van der Waals surface area contributed by atoms with Gasteiger partial charge in [-0.2, -0.15) is 0 Å². The molecule has 0 aliphatic carbocycles. The standard InChI is InChI=1S/C17H21ClN2/c1-3-13-5-10-16(20-12-13)11-17(19-4-2)14-6-8-15(18)9-7-14/h5-10,12,17,19H,3-4,11H2,1-2H3. The summed E-state index contributed by atoms with van der Waals surface area (Å²) < 4.78 is 0. The van der Waals surface area contributed by atoms with Gasteiger partial charge in [-0.15, -0.1) is 0 Å². The number of halogens is 1. The van der Waals surface area contributed by atoms with Crippen molar-refractivity contribution >= 4 is 11.6 Å². The van der Waals surface area contributed by atoms with Crippen LogP contribution in [-0.4, -0.2) is 11.5 Å². The van der Waals surface area contributed by atoms with E-state index in [0.717, 1.165) is 30.1 Å². The molecule has 0 aliphatic heterocycles. The molecule has 0 spiro atoms. The van der Waals surface area contributed by atoms with Gasteiger partial charge in [-0.1, -0.05) is 43.6 Å². The lowest BCUT2D eigenvalue weighted by molar-refractivity contribution is 0.544. The molecule has 2 rings (SSSR count). The van der Waals surface area contributed by atoms with Crippen molar-refractivity contribution in [2.75, 3.05) is 6.54 Å². The maximum absolute atomic E-state index is 5.95. The van der Waals surface area contributed by atoms with Gasteiger partial charge in [-0.05, 0) is 42.3 Å². The zero-order valence-corrected chi connectivity index (χ0v) is 12.8. The molecular formula is C17H21ClN2. The van der Waals surface area contributed by atoms with Gasteiger partial charge in [0.25, 0.3) is 0 Å². The van der Waals surface area contributed by atoms with Crippen molar-refractivity contribution in [3.63, 3.8) is 0 Å². The Morgan fingerprint density at radius 1 is 1.10 bits per heavy atom. The zero-order chi connectivity index (χ0) is 14.4. The molecule has 3 heteroatoms. The van der Waals surface area contributed by atoms with E-state index in [1.54, 1.807) is 0 Å². The van der Waals surface area contributed by atoms with Crippen molar-refractivity contribution in [2.24, 2.45) is 0 Å². The maximum atomic E-state index is 5.95. The second-order valence-corrected chi connectivity index (χ2v) is 5.31. The first-order chi connectivity index (χ1) is 9.72. The summed E-state index contributed by atoms with van der Waals surface area (Å²) in [7, 11) is 0. The number of hydrogen-bond acceptors (Lipinski definition) is 2. The number of rotatable bonds is 6. The summed E-state index contributed by atoms with van der Waals surface area (Å²) in [4.78, 5) is 4.55. The van der Waals surface area contributed by atoms with E-state index in [2.05, 4.69) is 48.4 Å². The van der Waals surface area contributed by atoms with Crippen LogP contribution in [0.5, 0.6) is 0 Å². The van der Waals surface area contributed by atoms with Crippen LogP contribution >= 0.6 is 11.6 Å². The summed E-state index contributed by atoms with van der Waals surface area (Å²) in [5.74, 6) is 0. The van der Waals surface area contributed by atoms with Gasteiger partial charge in [0.2, 0.25) is 0 Å². The fourth-order valence-electron chi connectivity index (χ4n) is 2.24. The lowest BCUT2D eigenvalue weighted by atomic mass is 10.0. The van der Waals surface area contributed by atoms with E-state index in [4.69, 9.17) is 11.6 Å². The highest BCUT2D eigenvalue weighted by molar-refractivity contribution is 6.30. The molecule has 20 heavy (non-hydrogen) atoms. The third kappa shape index (κ3) is 4.06. The fraction of sp³-hybridized carbons (Fsp3) is 0.353. The van der Waals surface area contributed by atoms with Gasteiger partial charge in [-0.3, -0.25) is 4.98 Å². The molecule has 0 fully saturated rings. The first kappa shape index (κ1) is 15.0. The van der Waals surface area contributed by atoms with Gasteiger partial charge < -0.3 is 5.32 Å². The van der Waals surface area contributed by atoms with E-state index in [0.29, 0.717) is 0 Å². The van der Waals surface area contributed by atoms with Crippen LogP contribution in [0.1, 0.15) is 36.7 Å². The normalized spacial score (nSPS) is 12.3. The summed E-state index contributed by atoms with van der Waals surface area (Å²) in [6.45, 7) is 5.20. The second-order valence-electron chi connectivity index (χ2n) is 4.88. The van der Waals surface area contributed by atoms with Crippen LogP contribution in [0.3, 0.4) is 0 Å². The quantitative estimate of drug-likeness (QED) is 0.862. The molecule has 1 atom stereocenters. The highest BCUT2D eigenvalue weighted by Gasteiger charge is 2.11. The predicted molar refractivity (Wildman–Crippen MR) is 85.2 cm³/mol. The number of benzene rings is 1. The molecule has 106 valence electrons. The summed E-state index contributed by atoms with van der Waals surface area (Å²) in [5, 5.41) is 4.28. The van der Waals surface area contributed by atoms with Crippen molar-refractivity contribution in [3.8, 4) is 0 Å². The monoisotopic (exact) mass is 288 g/mol. The van der Waals surface area contributed by atoms with Gasteiger partial charge in [0.05, 0.1) is 0 Å². The Morgan fingerprint density at radius 3 is 2.40 bits per heavy atom. The summed E-state index contributed by atoms with van der Waals surface area (Å²) in [5.41, 5.74) is 3.64. The van der Waals surface area contributed by atoms with Crippen LogP contribution in [0.25, 0.3) is 0 Å². The molecular weight excluding hydrogens is 268 g/mol. The van der Waals surface area contributed by atoms with Gasteiger partial charge in [0, 0.05) is 29.4 Å². The Hall–Kier alpha value is -1.38. The van der Waals surface area contributed by atoms with Gasteiger partial charge in [-0.25, -0.2) is 0 Å². The lowest BCUT2D eigenvalue weighted by Crippen LogP contribution is -2.23. The fourth-order valence-corrected chi connectivity index (χ4v) is 2.37. The zero-order valence-electron chi connectivity index (χ0n) is 12.1. The van der Waals surface area contributed by atoms with Crippen LogP contribution in [0.2, 0.25) is 5.02 Å². The van der Waals surface area contributed by atoms with Crippen LogP contribution in [0.4, 0.5) is 0 Å². The molecule has 1 N–H and O–H groups in total. The van der Waals surface area contributed by atoms with Crippen molar-refractivity contribution in [2.45, 2.75) is 32.7 Å². The van der Waals surface area contributed by atoms with E-state index in [1.807, 2.05) is 18.3 Å². The third-order valence-corrected chi connectivity index (χ3v) is 3.68. The smallest absolute Gasteiger partial charge is 0.0422 e. The van der Waals surface area contributed by atoms with Crippen molar-refractivity contribution in [1.82, 2.24) is 10.3 Å². The number of likely N-dealkylation sites (N-methyl/N-ethyl adjacent to an activating group) is 1. The van der Waals surface area contributed by atoms with Gasteiger partial charge in [0.1, 0.15) is 0 Å². The lowest BCUT2D eigenvalue weighted by Gasteiger charge is -2.18. The highest BCUT2D eigenvalue weighted by atomic mass is 35.5. The van der Waals surface area contributed by atoms with E-state index in [9.17, 15) is 0 Å². The minimum Gasteiger partial charge on any atom is -0.310 e. The topological polar surface area (TPSA) is 24.9 Å². The van der Waals surface area contributed by atoms with Crippen LogP contribution < -0.4 is 5.32 Å². The molecule has 0 amide bonds. The van der Waals surface area contributed by atoms with E-state index < -0.39 is 0 Å². The molecule has 1 unspecified atom stereocenters. The number of hydrogen-bond donors (Lipinski definition) is 1. The molecule has 1 aromatic heterocycles. The van der Waals surface area contributed by atoms with Crippen molar-refractivity contribution in [3.05, 3.63) is 64.4 Å². The van der Waals surface area contributed by atoms with E-state index in [-0.39, 0.29) is 6.04 Å². The molecule has 0 aliphatic rings. The molecule has 0 saturated heterocycles. The number of aryl methyl sites for hydroxylation is 1. The molecule has 2 aromatic rings. The van der Waals surface area contributed by atoms with Crippen LogP contribution in [0.15, 0.2) is 42.6 Å². The van der Waals surface area contributed by atoms with Crippen molar-refractivity contribution in [1.29, 1.82) is 0 Å². The largest absolute Gasteiger partial charge is 0.310 e. The van der Waals surface area contributed by atoms with E-state index >= 15 is 0 Å².